The topological polar surface area (TPSA) is 116 Å². The zero-order valence-corrected chi connectivity index (χ0v) is 10.8. The van der Waals surface area contributed by atoms with Gasteiger partial charge >= 0.3 is 6.03 Å². The van der Waals surface area contributed by atoms with E-state index >= 15 is 0 Å². The fourth-order valence-corrected chi connectivity index (χ4v) is 2.21. The van der Waals surface area contributed by atoms with Gasteiger partial charge in [0.1, 0.15) is 6.04 Å². The van der Waals surface area contributed by atoms with Gasteiger partial charge in [0.05, 0.1) is 12.2 Å². The molecular formula is C13H17N3O4. The van der Waals surface area contributed by atoms with Crippen molar-refractivity contribution in [1.29, 1.82) is 0 Å². The van der Waals surface area contributed by atoms with Crippen LogP contribution in [-0.4, -0.2) is 52.3 Å². The number of hydrogen-bond acceptors (Lipinski definition) is 4. The Morgan fingerprint density at radius 3 is 2.25 bits per heavy atom. The molecule has 1 saturated heterocycles. The zero-order valence-electron chi connectivity index (χ0n) is 10.8. The number of nitrogens with zero attached hydrogens (tertiary/aromatic N) is 1. The highest BCUT2D eigenvalue weighted by atomic mass is 16.3. The molecule has 0 radical (unpaired) electrons. The smallest absolute Gasteiger partial charge is 0.313 e. The van der Waals surface area contributed by atoms with Gasteiger partial charge in [-0.15, -0.1) is 0 Å². The Kier molecular flexibility index (Phi) is 4.21. The molecule has 1 aliphatic rings. The molecule has 0 spiro atoms. The first kappa shape index (κ1) is 14.3. The molecule has 3 amide bonds. The van der Waals surface area contributed by atoms with Crippen molar-refractivity contribution in [2.45, 2.75) is 18.2 Å². The number of primary amides is 1. The van der Waals surface area contributed by atoms with Crippen LogP contribution in [0.4, 0.5) is 4.79 Å². The van der Waals surface area contributed by atoms with Gasteiger partial charge in [0.15, 0.2) is 0 Å². The monoisotopic (exact) mass is 279 g/mol. The number of aliphatic hydroxyl groups is 2. The van der Waals surface area contributed by atoms with Gasteiger partial charge < -0.3 is 26.2 Å². The molecule has 3 atom stereocenters. The number of nitrogens with two attached hydrogens (primary N) is 1. The zero-order chi connectivity index (χ0) is 14.7. The number of rotatable bonds is 3. The molecular weight excluding hydrogens is 262 g/mol. The highest BCUT2D eigenvalue weighted by Crippen LogP contribution is 2.19. The largest absolute Gasteiger partial charge is 0.388 e. The van der Waals surface area contributed by atoms with E-state index in [4.69, 9.17) is 5.73 Å². The van der Waals surface area contributed by atoms with Crippen LogP contribution in [0.25, 0.3) is 0 Å². The summed E-state index contributed by atoms with van der Waals surface area (Å²) in [7, 11) is 0. The maximum Gasteiger partial charge on any atom is 0.313 e. The van der Waals surface area contributed by atoms with Crippen LogP contribution in [0.2, 0.25) is 0 Å². The number of β-amino-alcohol motifs (C(OH)–C–C–N with tert-alkyl or cyclic N) is 2. The third-order valence-corrected chi connectivity index (χ3v) is 3.24. The summed E-state index contributed by atoms with van der Waals surface area (Å²) in [5.41, 5.74) is 5.69. The standard InChI is InChI=1S/C13H17N3O4/c14-13(20)15-11(8-4-2-1-3-5-8)12(19)16-6-9(17)10(18)7-16/h1-5,9-11,17-18H,6-7H2,(H3,14,15,20)/t9-,10+,11?. The van der Waals surface area contributed by atoms with E-state index in [1.54, 1.807) is 30.3 Å². The van der Waals surface area contributed by atoms with Crippen molar-refractivity contribution in [3.8, 4) is 0 Å². The number of nitrogens with one attached hydrogen (secondary N) is 1. The molecule has 0 saturated carbocycles. The second kappa shape index (κ2) is 5.89. The minimum absolute atomic E-state index is 0.0315. The van der Waals surface area contributed by atoms with Gasteiger partial charge in [0.2, 0.25) is 5.91 Å². The first-order valence-electron chi connectivity index (χ1n) is 6.25. The molecule has 0 aromatic heterocycles. The summed E-state index contributed by atoms with van der Waals surface area (Å²) in [6.45, 7) is 0.0630. The average molecular weight is 279 g/mol. The molecule has 1 unspecified atom stereocenters. The van der Waals surface area contributed by atoms with Crippen LogP contribution < -0.4 is 11.1 Å². The number of carbonyl (C=O) groups excluding carboxylic acids is 2. The van der Waals surface area contributed by atoms with Crippen molar-refractivity contribution in [2.24, 2.45) is 5.73 Å². The Morgan fingerprint density at radius 2 is 1.75 bits per heavy atom. The maximum atomic E-state index is 12.4. The number of amides is 3. The molecule has 1 aromatic carbocycles. The van der Waals surface area contributed by atoms with Crippen LogP contribution in [0, 0.1) is 0 Å². The lowest BCUT2D eigenvalue weighted by Gasteiger charge is -2.23. The lowest BCUT2D eigenvalue weighted by molar-refractivity contribution is -0.132. The fraction of sp³-hybridized carbons (Fsp3) is 0.385. The Hall–Kier alpha value is -2.12. The fourth-order valence-electron chi connectivity index (χ4n) is 2.21. The number of hydrogen-bond donors (Lipinski definition) is 4. The molecule has 108 valence electrons. The maximum absolute atomic E-state index is 12.4. The predicted molar refractivity (Wildman–Crippen MR) is 70.5 cm³/mol. The van der Waals surface area contributed by atoms with E-state index in [9.17, 15) is 19.8 Å². The van der Waals surface area contributed by atoms with Gasteiger partial charge in [-0.05, 0) is 5.56 Å². The van der Waals surface area contributed by atoms with Crippen LogP contribution in [0.3, 0.4) is 0 Å². The van der Waals surface area contributed by atoms with E-state index in [1.165, 1.54) is 4.90 Å². The summed E-state index contributed by atoms with van der Waals surface area (Å²) in [6.07, 6.45) is -1.94. The minimum Gasteiger partial charge on any atom is -0.388 e. The van der Waals surface area contributed by atoms with Crippen molar-refractivity contribution < 1.29 is 19.8 Å². The highest BCUT2D eigenvalue weighted by molar-refractivity contribution is 5.88. The highest BCUT2D eigenvalue weighted by Gasteiger charge is 2.36. The lowest BCUT2D eigenvalue weighted by Crippen LogP contribution is -2.44. The van der Waals surface area contributed by atoms with Gasteiger partial charge in [0.25, 0.3) is 0 Å². The van der Waals surface area contributed by atoms with E-state index < -0.39 is 30.2 Å². The molecule has 5 N–H and O–H groups in total. The van der Waals surface area contributed by atoms with Crippen LogP contribution in [0.1, 0.15) is 11.6 Å². The molecule has 0 bridgehead atoms. The normalized spacial score (nSPS) is 23.4. The summed E-state index contributed by atoms with van der Waals surface area (Å²) in [5, 5.41) is 21.4. The minimum atomic E-state index is -0.969. The molecule has 1 fully saturated rings. The van der Waals surface area contributed by atoms with E-state index in [0.29, 0.717) is 5.56 Å². The first-order valence-corrected chi connectivity index (χ1v) is 6.25. The van der Waals surface area contributed by atoms with Gasteiger partial charge in [-0.2, -0.15) is 0 Å². The number of likely N-dealkylation sites (tertiary alicyclic amines) is 1. The van der Waals surface area contributed by atoms with Crippen molar-refractivity contribution >= 4 is 11.9 Å². The summed E-state index contributed by atoms with van der Waals surface area (Å²) in [5.74, 6) is -0.411. The molecule has 0 aliphatic carbocycles. The molecule has 2 rings (SSSR count). The molecule has 1 heterocycles. The number of aliphatic hydroxyl groups excluding tert-OH is 2. The van der Waals surface area contributed by atoms with Crippen molar-refractivity contribution in [2.75, 3.05) is 13.1 Å². The first-order chi connectivity index (χ1) is 9.49. The van der Waals surface area contributed by atoms with Crippen molar-refractivity contribution in [1.82, 2.24) is 10.2 Å². The molecule has 20 heavy (non-hydrogen) atoms. The van der Waals surface area contributed by atoms with Gasteiger partial charge in [-0.1, -0.05) is 30.3 Å². The lowest BCUT2D eigenvalue weighted by atomic mass is 10.1. The average Bonchev–Trinajstić information content (AvgIpc) is 2.76. The number of urea groups is 1. The Labute approximate surface area is 116 Å². The van der Waals surface area contributed by atoms with E-state index in [1.807, 2.05) is 0 Å². The third kappa shape index (κ3) is 3.06. The van der Waals surface area contributed by atoms with E-state index in [2.05, 4.69) is 5.32 Å². The van der Waals surface area contributed by atoms with Crippen molar-refractivity contribution in [3.05, 3.63) is 35.9 Å². The van der Waals surface area contributed by atoms with Crippen molar-refractivity contribution in [3.63, 3.8) is 0 Å². The molecule has 1 aromatic rings. The number of benzene rings is 1. The van der Waals surface area contributed by atoms with E-state index in [0.717, 1.165) is 0 Å². The Bertz CT molecular complexity index is 484. The third-order valence-electron chi connectivity index (χ3n) is 3.24. The molecule has 7 heteroatoms. The van der Waals surface area contributed by atoms with Gasteiger partial charge in [0, 0.05) is 13.1 Å². The number of carbonyl (C=O) groups is 2. The van der Waals surface area contributed by atoms with E-state index in [-0.39, 0.29) is 13.1 Å². The Morgan fingerprint density at radius 1 is 1.20 bits per heavy atom. The summed E-state index contributed by atoms with van der Waals surface area (Å²) in [6, 6.07) is 6.93. The molecule has 7 nitrogen and oxygen atoms in total. The predicted octanol–water partition coefficient (Wildman–Crippen LogP) is -1.04. The quantitative estimate of drug-likeness (QED) is 0.565. The summed E-state index contributed by atoms with van der Waals surface area (Å²) < 4.78 is 0. The second-order valence-corrected chi connectivity index (χ2v) is 4.73. The second-order valence-electron chi connectivity index (χ2n) is 4.73. The SMILES string of the molecule is NC(=O)NC(C(=O)N1C[C@@H](O)[C@@H](O)C1)c1ccccc1. The van der Waals surface area contributed by atoms with Crippen LogP contribution in [0.15, 0.2) is 30.3 Å². The van der Waals surface area contributed by atoms with Crippen LogP contribution in [0.5, 0.6) is 0 Å². The summed E-state index contributed by atoms with van der Waals surface area (Å²) in [4.78, 5) is 24.8. The van der Waals surface area contributed by atoms with Gasteiger partial charge in [-0.25, -0.2) is 4.79 Å². The molecule has 1 aliphatic heterocycles. The van der Waals surface area contributed by atoms with Crippen LogP contribution >= 0.6 is 0 Å². The van der Waals surface area contributed by atoms with Crippen LogP contribution in [-0.2, 0) is 4.79 Å². The Balaban J connectivity index is 2.19. The van der Waals surface area contributed by atoms with Gasteiger partial charge in [-0.3, -0.25) is 4.79 Å². The summed E-state index contributed by atoms with van der Waals surface area (Å²) >= 11 is 0.